The first-order chi connectivity index (χ1) is 6.27. The SMILES string of the molecule is Cc1cc2c(cc1N)CCCCC2. The smallest absolute Gasteiger partial charge is 0.0346 e. The Kier molecular flexibility index (Phi) is 2.26. The Morgan fingerprint density at radius 1 is 1.00 bits per heavy atom. The standard InChI is InChI=1S/C12H17N/c1-9-7-10-5-3-2-4-6-11(10)8-12(9)13/h7-8H,2-6,13H2,1H3. The Morgan fingerprint density at radius 3 is 2.31 bits per heavy atom. The Labute approximate surface area is 80.0 Å². The Balaban J connectivity index is 2.43. The number of hydrogen-bond donors (Lipinski definition) is 1. The third-order valence-electron chi connectivity index (χ3n) is 2.98. The summed E-state index contributed by atoms with van der Waals surface area (Å²) in [6, 6.07) is 4.45. The first-order valence-electron chi connectivity index (χ1n) is 5.15. The first-order valence-corrected chi connectivity index (χ1v) is 5.15. The molecule has 2 N–H and O–H groups in total. The van der Waals surface area contributed by atoms with Gasteiger partial charge in [-0.3, -0.25) is 0 Å². The molecule has 0 atom stereocenters. The van der Waals surface area contributed by atoms with Crippen molar-refractivity contribution < 1.29 is 0 Å². The molecular weight excluding hydrogens is 158 g/mol. The molecule has 0 fully saturated rings. The molecule has 0 amide bonds. The van der Waals surface area contributed by atoms with Gasteiger partial charge in [0.05, 0.1) is 0 Å². The molecule has 1 heteroatoms. The number of anilines is 1. The predicted molar refractivity (Wildman–Crippen MR) is 56.9 cm³/mol. The molecule has 2 rings (SSSR count). The molecule has 1 aliphatic carbocycles. The van der Waals surface area contributed by atoms with Crippen LogP contribution in [0.5, 0.6) is 0 Å². The number of nitrogens with two attached hydrogens (primary N) is 1. The molecule has 0 saturated carbocycles. The lowest BCUT2D eigenvalue weighted by Gasteiger charge is -2.09. The van der Waals surface area contributed by atoms with Crippen LogP contribution in [0.3, 0.4) is 0 Å². The fourth-order valence-electron chi connectivity index (χ4n) is 2.10. The van der Waals surface area contributed by atoms with Gasteiger partial charge in [-0.25, -0.2) is 0 Å². The average molecular weight is 175 g/mol. The van der Waals surface area contributed by atoms with Crippen molar-refractivity contribution in [2.45, 2.75) is 39.0 Å². The lowest BCUT2D eigenvalue weighted by molar-refractivity contribution is 0.711. The van der Waals surface area contributed by atoms with Gasteiger partial charge in [0.2, 0.25) is 0 Å². The van der Waals surface area contributed by atoms with Crippen LogP contribution in [0.15, 0.2) is 12.1 Å². The van der Waals surface area contributed by atoms with E-state index in [2.05, 4.69) is 19.1 Å². The van der Waals surface area contributed by atoms with Gasteiger partial charge in [-0.2, -0.15) is 0 Å². The van der Waals surface area contributed by atoms with Crippen LogP contribution in [0, 0.1) is 6.92 Å². The summed E-state index contributed by atoms with van der Waals surface area (Å²) in [4.78, 5) is 0. The van der Waals surface area contributed by atoms with Gasteiger partial charge in [0.1, 0.15) is 0 Å². The van der Waals surface area contributed by atoms with E-state index in [1.54, 1.807) is 0 Å². The Hall–Kier alpha value is -0.980. The zero-order valence-electron chi connectivity index (χ0n) is 8.27. The molecule has 1 nitrogen and oxygen atoms in total. The van der Waals surface area contributed by atoms with Crippen LogP contribution in [-0.2, 0) is 12.8 Å². The predicted octanol–water partition coefficient (Wildman–Crippen LogP) is 2.85. The van der Waals surface area contributed by atoms with E-state index in [0.29, 0.717) is 0 Å². The van der Waals surface area contributed by atoms with Crippen LogP contribution >= 0.6 is 0 Å². The summed E-state index contributed by atoms with van der Waals surface area (Å²) >= 11 is 0. The number of fused-ring (bicyclic) bond motifs is 1. The highest BCUT2D eigenvalue weighted by atomic mass is 14.6. The van der Waals surface area contributed by atoms with Crippen molar-refractivity contribution in [1.82, 2.24) is 0 Å². The second kappa shape index (κ2) is 3.41. The van der Waals surface area contributed by atoms with Crippen molar-refractivity contribution in [3.8, 4) is 0 Å². The summed E-state index contributed by atoms with van der Waals surface area (Å²) < 4.78 is 0. The molecule has 0 aliphatic heterocycles. The van der Waals surface area contributed by atoms with Crippen molar-refractivity contribution in [3.63, 3.8) is 0 Å². The fraction of sp³-hybridized carbons (Fsp3) is 0.500. The number of hydrogen-bond acceptors (Lipinski definition) is 1. The first kappa shape index (κ1) is 8.61. The van der Waals surface area contributed by atoms with Crippen LogP contribution in [0.4, 0.5) is 5.69 Å². The van der Waals surface area contributed by atoms with Crippen LogP contribution in [-0.4, -0.2) is 0 Å². The lowest BCUT2D eigenvalue weighted by atomic mass is 9.99. The molecule has 70 valence electrons. The van der Waals surface area contributed by atoms with Gasteiger partial charge in [0, 0.05) is 5.69 Å². The highest BCUT2D eigenvalue weighted by molar-refractivity contribution is 5.51. The van der Waals surface area contributed by atoms with Gasteiger partial charge in [-0.05, 0) is 55.4 Å². The molecule has 0 saturated heterocycles. The summed E-state index contributed by atoms with van der Waals surface area (Å²) in [5.41, 5.74) is 11.1. The lowest BCUT2D eigenvalue weighted by Crippen LogP contribution is -1.97. The summed E-state index contributed by atoms with van der Waals surface area (Å²) in [6.45, 7) is 2.10. The maximum atomic E-state index is 5.89. The van der Waals surface area contributed by atoms with Crippen LogP contribution in [0.25, 0.3) is 0 Å². The molecule has 0 bridgehead atoms. The summed E-state index contributed by atoms with van der Waals surface area (Å²) in [6.07, 6.45) is 6.51. The van der Waals surface area contributed by atoms with E-state index in [1.165, 1.54) is 48.8 Å². The molecule has 0 unspecified atom stereocenters. The fourth-order valence-corrected chi connectivity index (χ4v) is 2.10. The van der Waals surface area contributed by atoms with Gasteiger partial charge < -0.3 is 5.73 Å². The van der Waals surface area contributed by atoms with Crippen LogP contribution in [0.1, 0.15) is 36.0 Å². The van der Waals surface area contributed by atoms with E-state index in [4.69, 9.17) is 5.73 Å². The average Bonchev–Trinajstić information content (AvgIpc) is 2.31. The molecule has 0 radical (unpaired) electrons. The molecular formula is C12H17N. The van der Waals surface area contributed by atoms with Gasteiger partial charge in [0.25, 0.3) is 0 Å². The van der Waals surface area contributed by atoms with Gasteiger partial charge in [0.15, 0.2) is 0 Å². The minimum Gasteiger partial charge on any atom is -0.399 e. The van der Waals surface area contributed by atoms with E-state index in [-0.39, 0.29) is 0 Å². The highest BCUT2D eigenvalue weighted by Gasteiger charge is 2.08. The Bertz CT molecular complexity index is 284. The summed E-state index contributed by atoms with van der Waals surface area (Å²) in [7, 11) is 0. The minimum atomic E-state index is 0.959. The van der Waals surface area contributed by atoms with Crippen molar-refractivity contribution in [2.24, 2.45) is 0 Å². The van der Waals surface area contributed by atoms with E-state index in [0.717, 1.165) is 5.69 Å². The minimum absolute atomic E-state index is 0.959. The van der Waals surface area contributed by atoms with Crippen molar-refractivity contribution >= 4 is 5.69 Å². The monoisotopic (exact) mass is 175 g/mol. The van der Waals surface area contributed by atoms with Gasteiger partial charge in [-0.15, -0.1) is 0 Å². The number of benzene rings is 1. The normalized spacial score (nSPS) is 16.4. The zero-order chi connectivity index (χ0) is 9.26. The van der Waals surface area contributed by atoms with Crippen LogP contribution in [0.2, 0.25) is 0 Å². The van der Waals surface area contributed by atoms with Crippen LogP contribution < -0.4 is 5.73 Å². The largest absolute Gasteiger partial charge is 0.399 e. The van der Waals surface area contributed by atoms with Gasteiger partial charge in [-0.1, -0.05) is 12.5 Å². The second-order valence-corrected chi connectivity index (χ2v) is 4.04. The third-order valence-corrected chi connectivity index (χ3v) is 2.98. The second-order valence-electron chi connectivity index (χ2n) is 4.04. The van der Waals surface area contributed by atoms with E-state index in [1.807, 2.05) is 0 Å². The quantitative estimate of drug-likeness (QED) is 0.476. The maximum Gasteiger partial charge on any atom is 0.0346 e. The number of nitrogen functional groups attached to an aromatic ring is 1. The molecule has 13 heavy (non-hydrogen) atoms. The molecule has 1 aromatic carbocycles. The van der Waals surface area contributed by atoms with E-state index in [9.17, 15) is 0 Å². The molecule has 1 aromatic rings. The third kappa shape index (κ3) is 1.69. The maximum absolute atomic E-state index is 5.89. The van der Waals surface area contributed by atoms with Gasteiger partial charge >= 0.3 is 0 Å². The number of aryl methyl sites for hydroxylation is 3. The van der Waals surface area contributed by atoms with E-state index >= 15 is 0 Å². The van der Waals surface area contributed by atoms with E-state index < -0.39 is 0 Å². The highest BCUT2D eigenvalue weighted by Crippen LogP contribution is 2.24. The van der Waals surface area contributed by atoms with Crippen molar-refractivity contribution in [1.29, 1.82) is 0 Å². The van der Waals surface area contributed by atoms with Crippen molar-refractivity contribution in [2.75, 3.05) is 5.73 Å². The summed E-state index contributed by atoms with van der Waals surface area (Å²) in [5.74, 6) is 0. The summed E-state index contributed by atoms with van der Waals surface area (Å²) in [5, 5.41) is 0. The number of rotatable bonds is 0. The Morgan fingerprint density at radius 2 is 1.62 bits per heavy atom. The molecule has 0 heterocycles. The molecule has 0 aromatic heterocycles. The van der Waals surface area contributed by atoms with Crippen molar-refractivity contribution in [3.05, 3.63) is 28.8 Å². The topological polar surface area (TPSA) is 26.0 Å². The molecule has 0 spiro atoms. The zero-order valence-corrected chi connectivity index (χ0v) is 8.27. The molecule has 1 aliphatic rings.